The summed E-state index contributed by atoms with van der Waals surface area (Å²) >= 11 is 0. The molecule has 2 aromatic rings. The van der Waals surface area contributed by atoms with Crippen molar-refractivity contribution in [2.75, 3.05) is 27.8 Å². The molecule has 0 aliphatic carbocycles. The number of likely N-dealkylation sites (N-methyl/N-ethyl adjacent to an activating group) is 1. The first-order valence-corrected chi connectivity index (χ1v) is 10.2. The second-order valence-corrected chi connectivity index (χ2v) is 7.60. The molecule has 0 heterocycles. The Balaban J connectivity index is 1.93. The second-order valence-electron chi connectivity index (χ2n) is 7.60. The van der Waals surface area contributed by atoms with Gasteiger partial charge in [0.25, 0.3) is 0 Å². The number of aliphatic carboxylic acids is 1. The van der Waals surface area contributed by atoms with E-state index in [-0.39, 0.29) is 13.0 Å². The lowest BCUT2D eigenvalue weighted by molar-refractivity contribution is -0.158. The van der Waals surface area contributed by atoms with Gasteiger partial charge in [-0.25, -0.2) is 0 Å². The zero-order valence-electron chi connectivity index (χ0n) is 18.5. The number of esters is 1. The molecular weight excluding hydrogens is 398 g/mol. The van der Waals surface area contributed by atoms with Gasteiger partial charge >= 0.3 is 11.9 Å². The maximum atomic E-state index is 12.3. The van der Waals surface area contributed by atoms with Gasteiger partial charge in [-0.15, -0.1) is 0 Å². The third-order valence-corrected chi connectivity index (χ3v) is 4.84. The summed E-state index contributed by atoms with van der Waals surface area (Å²) in [7, 11) is 4.95. The fraction of sp³-hybridized carbons (Fsp3) is 0.417. The summed E-state index contributed by atoms with van der Waals surface area (Å²) < 4.78 is 16.6. The summed E-state index contributed by atoms with van der Waals surface area (Å²) in [6.07, 6.45) is 0.794. The fourth-order valence-electron chi connectivity index (χ4n) is 3.12. The highest BCUT2D eigenvalue weighted by molar-refractivity contribution is 5.82. The van der Waals surface area contributed by atoms with Crippen molar-refractivity contribution < 1.29 is 28.9 Å². The van der Waals surface area contributed by atoms with E-state index in [1.807, 2.05) is 42.5 Å². The minimum atomic E-state index is -1.05. The van der Waals surface area contributed by atoms with Crippen LogP contribution in [-0.4, -0.2) is 61.9 Å². The molecule has 168 valence electrons. The van der Waals surface area contributed by atoms with E-state index in [1.54, 1.807) is 28.1 Å². The Hall–Kier alpha value is -3.06. The highest BCUT2D eigenvalue weighted by Gasteiger charge is 2.27. The molecule has 7 nitrogen and oxygen atoms in total. The Morgan fingerprint density at radius 3 is 2.48 bits per heavy atom. The van der Waals surface area contributed by atoms with Crippen LogP contribution >= 0.6 is 0 Å². The van der Waals surface area contributed by atoms with Gasteiger partial charge in [0.1, 0.15) is 30.3 Å². The van der Waals surface area contributed by atoms with Crippen LogP contribution < -0.4 is 9.47 Å². The Morgan fingerprint density at radius 1 is 1.06 bits per heavy atom. The van der Waals surface area contributed by atoms with Gasteiger partial charge in [-0.3, -0.25) is 14.5 Å². The predicted molar refractivity (Wildman–Crippen MR) is 118 cm³/mol. The van der Waals surface area contributed by atoms with Crippen LogP contribution in [0.25, 0.3) is 0 Å². The molecule has 0 fully saturated rings. The topological polar surface area (TPSA) is 85.3 Å². The molecule has 0 aromatic heterocycles. The maximum Gasteiger partial charge on any atom is 0.324 e. The molecule has 0 bridgehead atoms. The van der Waals surface area contributed by atoms with Gasteiger partial charge in [-0.05, 0) is 63.2 Å². The molecule has 0 aliphatic rings. The maximum absolute atomic E-state index is 12.3. The van der Waals surface area contributed by atoms with Gasteiger partial charge < -0.3 is 19.3 Å². The standard InChI is InChI=1S/C24H31NO6/c1-17(31-24(28)21(25(2)3)15-23(26)27)16-30-22-11-6-5-9-19(22)13-12-18-8-7-10-20(14-18)29-4/h5-11,14,17,21H,12-13,15-16H2,1-4H3,(H,26,27). The largest absolute Gasteiger partial charge is 0.497 e. The number of nitrogens with zero attached hydrogens (tertiary/aromatic N) is 1. The van der Waals surface area contributed by atoms with Gasteiger partial charge in [-0.2, -0.15) is 0 Å². The number of benzene rings is 2. The molecule has 0 aliphatic heterocycles. The average Bonchev–Trinajstić information content (AvgIpc) is 2.74. The number of methoxy groups -OCH3 is 1. The number of ether oxygens (including phenoxy) is 3. The minimum Gasteiger partial charge on any atom is -0.497 e. The van der Waals surface area contributed by atoms with Crippen LogP contribution in [0.1, 0.15) is 24.5 Å². The average molecular weight is 430 g/mol. The SMILES string of the molecule is COc1cccc(CCc2ccccc2OCC(C)OC(=O)C(CC(=O)O)N(C)C)c1. The summed E-state index contributed by atoms with van der Waals surface area (Å²) in [5.41, 5.74) is 2.23. The van der Waals surface area contributed by atoms with Crippen LogP contribution in [-0.2, 0) is 27.2 Å². The summed E-state index contributed by atoms with van der Waals surface area (Å²) in [6, 6.07) is 14.9. The van der Waals surface area contributed by atoms with Crippen LogP contribution in [0, 0.1) is 0 Å². The number of aryl methyl sites for hydroxylation is 2. The van der Waals surface area contributed by atoms with Crippen molar-refractivity contribution in [1.82, 2.24) is 4.90 Å². The van der Waals surface area contributed by atoms with Crippen molar-refractivity contribution in [2.45, 2.75) is 38.3 Å². The molecule has 0 radical (unpaired) electrons. The minimum absolute atomic E-state index is 0.176. The number of rotatable bonds is 12. The first-order chi connectivity index (χ1) is 14.8. The molecule has 0 saturated heterocycles. The third kappa shape index (κ3) is 7.94. The van der Waals surface area contributed by atoms with Crippen molar-refractivity contribution in [3.05, 3.63) is 59.7 Å². The highest BCUT2D eigenvalue weighted by atomic mass is 16.6. The van der Waals surface area contributed by atoms with Crippen LogP contribution in [0.4, 0.5) is 0 Å². The fourth-order valence-corrected chi connectivity index (χ4v) is 3.12. The molecule has 31 heavy (non-hydrogen) atoms. The second kappa shape index (κ2) is 12.0. The summed E-state index contributed by atoms with van der Waals surface area (Å²) in [5.74, 6) is -0.0566. The van der Waals surface area contributed by atoms with Gasteiger partial charge in [0.15, 0.2) is 0 Å². The van der Waals surface area contributed by atoms with E-state index in [2.05, 4.69) is 6.07 Å². The van der Waals surface area contributed by atoms with Crippen molar-refractivity contribution in [3.63, 3.8) is 0 Å². The normalized spacial score (nSPS) is 12.8. The molecular formula is C24H31NO6. The predicted octanol–water partition coefficient (Wildman–Crippen LogP) is 3.20. The molecule has 1 N–H and O–H groups in total. The van der Waals surface area contributed by atoms with E-state index < -0.39 is 24.1 Å². The first-order valence-electron chi connectivity index (χ1n) is 10.2. The molecule has 2 atom stereocenters. The van der Waals surface area contributed by atoms with Crippen LogP contribution in [0.15, 0.2) is 48.5 Å². The van der Waals surface area contributed by atoms with Crippen molar-refractivity contribution >= 4 is 11.9 Å². The molecule has 0 saturated carbocycles. The van der Waals surface area contributed by atoms with E-state index in [4.69, 9.17) is 19.3 Å². The summed E-state index contributed by atoms with van der Waals surface area (Å²) in [6.45, 7) is 1.90. The Morgan fingerprint density at radius 2 is 1.81 bits per heavy atom. The van der Waals surface area contributed by atoms with E-state index in [0.29, 0.717) is 0 Å². The third-order valence-electron chi connectivity index (χ3n) is 4.84. The van der Waals surface area contributed by atoms with E-state index >= 15 is 0 Å². The van der Waals surface area contributed by atoms with E-state index in [1.165, 1.54) is 10.5 Å². The number of carboxylic acid groups (broad SMARTS) is 1. The Bertz CT molecular complexity index is 867. The van der Waals surface area contributed by atoms with Crippen LogP contribution in [0.3, 0.4) is 0 Å². The lowest BCUT2D eigenvalue weighted by Crippen LogP contribution is -2.40. The molecule has 2 aromatic carbocycles. The number of carboxylic acids is 1. The van der Waals surface area contributed by atoms with Gasteiger partial charge in [0.2, 0.25) is 0 Å². The van der Waals surface area contributed by atoms with Gasteiger partial charge in [0, 0.05) is 0 Å². The zero-order valence-corrected chi connectivity index (χ0v) is 18.5. The summed E-state index contributed by atoms with van der Waals surface area (Å²) in [4.78, 5) is 24.9. The zero-order chi connectivity index (χ0) is 22.8. The van der Waals surface area contributed by atoms with E-state index in [9.17, 15) is 9.59 Å². The van der Waals surface area contributed by atoms with E-state index in [0.717, 1.165) is 29.9 Å². The molecule has 2 unspecified atom stereocenters. The quantitative estimate of drug-likeness (QED) is 0.519. The number of para-hydroxylation sites is 1. The van der Waals surface area contributed by atoms with Crippen molar-refractivity contribution in [1.29, 1.82) is 0 Å². The smallest absolute Gasteiger partial charge is 0.324 e. The van der Waals surface area contributed by atoms with Crippen LogP contribution in [0.5, 0.6) is 11.5 Å². The van der Waals surface area contributed by atoms with Crippen molar-refractivity contribution in [3.8, 4) is 11.5 Å². The van der Waals surface area contributed by atoms with Crippen LogP contribution in [0.2, 0.25) is 0 Å². The monoisotopic (exact) mass is 429 g/mol. The molecule has 7 heteroatoms. The van der Waals surface area contributed by atoms with Crippen molar-refractivity contribution in [2.24, 2.45) is 0 Å². The molecule has 2 rings (SSSR count). The lowest BCUT2D eigenvalue weighted by Gasteiger charge is -2.23. The Kier molecular flexibility index (Phi) is 9.34. The summed E-state index contributed by atoms with van der Waals surface area (Å²) in [5, 5.41) is 8.99. The lowest BCUT2D eigenvalue weighted by atomic mass is 10.0. The number of hydrogen-bond donors (Lipinski definition) is 1. The number of hydrogen-bond acceptors (Lipinski definition) is 6. The van der Waals surface area contributed by atoms with Gasteiger partial charge in [-0.1, -0.05) is 30.3 Å². The molecule has 0 spiro atoms. The highest BCUT2D eigenvalue weighted by Crippen LogP contribution is 2.22. The Labute approximate surface area is 183 Å². The number of carbonyl (C=O) groups is 2. The first kappa shape index (κ1) is 24.2. The van der Waals surface area contributed by atoms with Gasteiger partial charge in [0.05, 0.1) is 13.5 Å². The number of carbonyl (C=O) groups excluding carboxylic acids is 1. The molecule has 0 amide bonds.